The number of benzene rings is 1. The summed E-state index contributed by atoms with van der Waals surface area (Å²) >= 11 is 0. The van der Waals surface area contributed by atoms with Crippen LogP contribution in [0.4, 0.5) is 0 Å². The zero-order chi connectivity index (χ0) is 21.8. The molecule has 170 valence electrons. The zero-order valence-corrected chi connectivity index (χ0v) is 19.5. The SMILES string of the molecule is CCOc1ccc(CCNC(=NC)NCC(C)N2CCN(CC)CC2)cc1OCC. The highest BCUT2D eigenvalue weighted by Gasteiger charge is 2.20. The van der Waals surface area contributed by atoms with Gasteiger partial charge in [-0.1, -0.05) is 13.0 Å². The van der Waals surface area contributed by atoms with Gasteiger partial charge in [0.05, 0.1) is 13.2 Å². The van der Waals surface area contributed by atoms with Crippen LogP contribution in [0.15, 0.2) is 23.2 Å². The van der Waals surface area contributed by atoms with Crippen LogP contribution in [-0.2, 0) is 6.42 Å². The van der Waals surface area contributed by atoms with Crippen molar-refractivity contribution < 1.29 is 9.47 Å². The second-order valence-corrected chi connectivity index (χ2v) is 7.60. The maximum absolute atomic E-state index is 5.73. The van der Waals surface area contributed by atoms with Gasteiger partial charge in [-0.25, -0.2) is 0 Å². The summed E-state index contributed by atoms with van der Waals surface area (Å²) in [5.74, 6) is 2.48. The molecule has 0 saturated carbocycles. The number of nitrogens with zero attached hydrogens (tertiary/aromatic N) is 3. The Bertz CT molecular complexity index is 644. The van der Waals surface area contributed by atoms with E-state index in [1.165, 1.54) is 18.7 Å². The molecule has 1 unspecified atom stereocenters. The molecule has 0 bridgehead atoms. The first-order valence-corrected chi connectivity index (χ1v) is 11.4. The van der Waals surface area contributed by atoms with Crippen molar-refractivity contribution in [3.05, 3.63) is 23.8 Å². The third-order valence-corrected chi connectivity index (χ3v) is 5.58. The van der Waals surface area contributed by atoms with Crippen LogP contribution in [0.1, 0.15) is 33.3 Å². The molecule has 1 aromatic rings. The molecule has 0 aromatic heterocycles. The first kappa shape index (κ1) is 24.3. The summed E-state index contributed by atoms with van der Waals surface area (Å²) in [7, 11) is 1.82. The predicted molar refractivity (Wildman–Crippen MR) is 125 cm³/mol. The van der Waals surface area contributed by atoms with Gasteiger partial charge in [-0.3, -0.25) is 9.89 Å². The molecule has 0 aliphatic carbocycles. The maximum atomic E-state index is 5.73. The van der Waals surface area contributed by atoms with Crippen LogP contribution in [0.5, 0.6) is 11.5 Å². The Labute approximate surface area is 182 Å². The van der Waals surface area contributed by atoms with Crippen molar-refractivity contribution in [2.75, 3.05) is 66.1 Å². The fourth-order valence-corrected chi connectivity index (χ4v) is 3.69. The normalized spacial score (nSPS) is 16.9. The van der Waals surface area contributed by atoms with Crippen molar-refractivity contribution in [3.8, 4) is 11.5 Å². The number of piperazine rings is 1. The Morgan fingerprint density at radius 2 is 1.73 bits per heavy atom. The minimum Gasteiger partial charge on any atom is -0.490 e. The fourth-order valence-electron chi connectivity index (χ4n) is 3.69. The van der Waals surface area contributed by atoms with Gasteiger partial charge in [0.1, 0.15) is 0 Å². The van der Waals surface area contributed by atoms with E-state index in [1.807, 2.05) is 27.0 Å². The van der Waals surface area contributed by atoms with E-state index in [1.54, 1.807) is 0 Å². The zero-order valence-electron chi connectivity index (χ0n) is 19.5. The van der Waals surface area contributed by atoms with Crippen LogP contribution in [0, 0.1) is 0 Å². The second-order valence-electron chi connectivity index (χ2n) is 7.60. The van der Waals surface area contributed by atoms with Crippen molar-refractivity contribution >= 4 is 5.96 Å². The number of hydrogen-bond donors (Lipinski definition) is 2. The maximum Gasteiger partial charge on any atom is 0.191 e. The van der Waals surface area contributed by atoms with Crippen LogP contribution in [0.25, 0.3) is 0 Å². The Balaban J connectivity index is 1.76. The summed E-state index contributed by atoms with van der Waals surface area (Å²) in [4.78, 5) is 9.44. The quantitative estimate of drug-likeness (QED) is 0.424. The lowest BCUT2D eigenvalue weighted by atomic mass is 10.1. The van der Waals surface area contributed by atoms with E-state index in [2.05, 4.69) is 51.4 Å². The summed E-state index contributed by atoms with van der Waals surface area (Å²) in [5.41, 5.74) is 1.21. The molecular formula is C23H41N5O2. The highest BCUT2D eigenvalue weighted by atomic mass is 16.5. The van der Waals surface area contributed by atoms with Crippen molar-refractivity contribution in [2.24, 2.45) is 4.99 Å². The van der Waals surface area contributed by atoms with E-state index in [-0.39, 0.29) is 0 Å². The van der Waals surface area contributed by atoms with Crippen LogP contribution in [-0.4, -0.2) is 87.9 Å². The summed E-state index contributed by atoms with van der Waals surface area (Å²) < 4.78 is 11.4. The average molecular weight is 420 g/mol. The predicted octanol–water partition coefficient (Wildman–Crippen LogP) is 2.22. The summed E-state index contributed by atoms with van der Waals surface area (Å²) in [6.45, 7) is 17.2. The van der Waals surface area contributed by atoms with Gasteiger partial charge in [0.15, 0.2) is 17.5 Å². The standard InChI is InChI=1S/C23H41N5O2/c1-6-27-13-15-28(16-14-27)19(4)18-26-23(24-5)25-12-11-20-9-10-21(29-7-2)22(17-20)30-8-3/h9-10,17,19H,6-8,11-16,18H2,1-5H3,(H2,24,25,26). The Morgan fingerprint density at radius 1 is 1.03 bits per heavy atom. The molecule has 1 aromatic carbocycles. The lowest BCUT2D eigenvalue weighted by Crippen LogP contribution is -2.53. The lowest BCUT2D eigenvalue weighted by Gasteiger charge is -2.37. The molecule has 1 fully saturated rings. The molecule has 30 heavy (non-hydrogen) atoms. The minimum atomic E-state index is 0.488. The van der Waals surface area contributed by atoms with Crippen LogP contribution < -0.4 is 20.1 Å². The molecule has 2 N–H and O–H groups in total. The van der Waals surface area contributed by atoms with Gasteiger partial charge in [-0.2, -0.15) is 0 Å². The van der Waals surface area contributed by atoms with Gasteiger partial charge < -0.3 is 25.0 Å². The molecule has 1 aliphatic rings. The highest BCUT2D eigenvalue weighted by molar-refractivity contribution is 5.79. The van der Waals surface area contributed by atoms with E-state index in [0.717, 1.165) is 56.6 Å². The number of guanidine groups is 1. The van der Waals surface area contributed by atoms with Gasteiger partial charge in [-0.15, -0.1) is 0 Å². The fraction of sp³-hybridized carbons (Fsp3) is 0.696. The highest BCUT2D eigenvalue weighted by Crippen LogP contribution is 2.28. The topological polar surface area (TPSA) is 61.4 Å². The van der Waals surface area contributed by atoms with E-state index < -0.39 is 0 Å². The monoisotopic (exact) mass is 419 g/mol. The van der Waals surface area contributed by atoms with E-state index in [0.29, 0.717) is 19.3 Å². The third kappa shape index (κ3) is 7.69. The van der Waals surface area contributed by atoms with Gasteiger partial charge in [-0.05, 0) is 51.4 Å². The van der Waals surface area contributed by atoms with E-state index in [9.17, 15) is 0 Å². The number of likely N-dealkylation sites (N-methyl/N-ethyl adjacent to an activating group) is 1. The summed E-state index contributed by atoms with van der Waals surface area (Å²) in [5, 5.41) is 6.90. The number of ether oxygens (including phenoxy) is 2. The first-order chi connectivity index (χ1) is 14.6. The average Bonchev–Trinajstić information content (AvgIpc) is 2.77. The Morgan fingerprint density at radius 3 is 2.37 bits per heavy atom. The number of aliphatic imine (C=N–C) groups is 1. The number of nitrogens with one attached hydrogen (secondary N) is 2. The molecule has 0 spiro atoms. The molecule has 1 saturated heterocycles. The largest absolute Gasteiger partial charge is 0.490 e. The van der Waals surface area contributed by atoms with Gasteiger partial charge in [0.25, 0.3) is 0 Å². The number of rotatable bonds is 11. The lowest BCUT2D eigenvalue weighted by molar-refractivity contribution is 0.107. The van der Waals surface area contributed by atoms with Crippen molar-refractivity contribution in [3.63, 3.8) is 0 Å². The van der Waals surface area contributed by atoms with Crippen LogP contribution in [0.3, 0.4) is 0 Å². The van der Waals surface area contributed by atoms with Gasteiger partial charge in [0, 0.05) is 52.4 Å². The molecule has 1 aliphatic heterocycles. The van der Waals surface area contributed by atoms with Crippen molar-refractivity contribution in [1.82, 2.24) is 20.4 Å². The van der Waals surface area contributed by atoms with Crippen LogP contribution >= 0.6 is 0 Å². The molecule has 7 heteroatoms. The Kier molecular flexibility index (Phi) is 10.8. The molecular weight excluding hydrogens is 378 g/mol. The second kappa shape index (κ2) is 13.3. The smallest absolute Gasteiger partial charge is 0.191 e. The van der Waals surface area contributed by atoms with Crippen LogP contribution in [0.2, 0.25) is 0 Å². The molecule has 0 amide bonds. The van der Waals surface area contributed by atoms with Gasteiger partial charge in [0.2, 0.25) is 0 Å². The van der Waals surface area contributed by atoms with Gasteiger partial charge >= 0.3 is 0 Å². The summed E-state index contributed by atoms with van der Waals surface area (Å²) in [6.07, 6.45) is 0.891. The van der Waals surface area contributed by atoms with Crippen molar-refractivity contribution in [2.45, 2.75) is 40.2 Å². The third-order valence-electron chi connectivity index (χ3n) is 5.58. The van der Waals surface area contributed by atoms with E-state index in [4.69, 9.17) is 9.47 Å². The minimum absolute atomic E-state index is 0.488. The van der Waals surface area contributed by atoms with E-state index >= 15 is 0 Å². The Hall–Kier alpha value is -1.99. The molecule has 0 radical (unpaired) electrons. The molecule has 7 nitrogen and oxygen atoms in total. The summed E-state index contributed by atoms with van der Waals surface area (Å²) in [6, 6.07) is 6.66. The molecule has 2 rings (SSSR count). The molecule has 1 heterocycles. The number of hydrogen-bond acceptors (Lipinski definition) is 5. The first-order valence-electron chi connectivity index (χ1n) is 11.4. The molecule has 1 atom stereocenters. The van der Waals surface area contributed by atoms with Crippen molar-refractivity contribution in [1.29, 1.82) is 0 Å².